The van der Waals surface area contributed by atoms with Crippen LogP contribution in [0, 0.1) is 5.92 Å². The minimum Gasteiger partial charge on any atom is -0.500 e. The molecule has 1 aromatic carbocycles. The number of esters is 2. The zero-order valence-corrected chi connectivity index (χ0v) is 11.4. The summed E-state index contributed by atoms with van der Waals surface area (Å²) in [6.07, 6.45) is 0.773. The van der Waals surface area contributed by atoms with Crippen molar-refractivity contribution in [1.29, 1.82) is 0 Å². The highest BCUT2D eigenvalue weighted by atomic mass is 16.6. The number of hydrogen-bond acceptors (Lipinski definition) is 5. The Morgan fingerprint density at radius 3 is 2.65 bits per heavy atom. The lowest BCUT2D eigenvalue weighted by Gasteiger charge is -2.28. The fourth-order valence-electron chi connectivity index (χ4n) is 1.95. The molecule has 0 bridgehead atoms. The second-order valence-corrected chi connectivity index (χ2v) is 4.48. The van der Waals surface area contributed by atoms with Gasteiger partial charge in [-0.1, -0.05) is 25.1 Å². The summed E-state index contributed by atoms with van der Waals surface area (Å²) in [4.78, 5) is 23.2. The number of ether oxygens (including phenoxy) is 3. The smallest absolute Gasteiger partial charge is 0.338 e. The second kappa shape index (κ2) is 6.23. The zero-order chi connectivity index (χ0) is 14.5. The zero-order valence-electron chi connectivity index (χ0n) is 11.4. The summed E-state index contributed by atoms with van der Waals surface area (Å²) in [7, 11) is 1.49. The van der Waals surface area contributed by atoms with Crippen LogP contribution in [0.3, 0.4) is 0 Å². The van der Waals surface area contributed by atoms with Crippen LogP contribution in [0.4, 0.5) is 0 Å². The van der Waals surface area contributed by atoms with Crippen molar-refractivity contribution in [2.75, 3.05) is 13.7 Å². The van der Waals surface area contributed by atoms with Gasteiger partial charge in [0, 0.05) is 0 Å². The van der Waals surface area contributed by atoms with Crippen LogP contribution < -0.4 is 0 Å². The maximum atomic E-state index is 11.8. The fraction of sp³-hybridized carbons (Fsp3) is 0.333. The Balaban J connectivity index is 1.96. The standard InChI is InChI=1S/C15H16O5/c1-10-12(18-2)8-14(16)20-13(10)9-19-15(17)11-6-4-3-5-7-11/h3-8,10,13H,9H2,1-2H3. The van der Waals surface area contributed by atoms with Gasteiger partial charge >= 0.3 is 11.9 Å². The number of hydrogen-bond donors (Lipinski definition) is 0. The average molecular weight is 276 g/mol. The fourth-order valence-corrected chi connectivity index (χ4v) is 1.95. The van der Waals surface area contributed by atoms with E-state index in [4.69, 9.17) is 14.2 Å². The predicted octanol–water partition coefficient (Wildman–Crippen LogP) is 1.94. The second-order valence-electron chi connectivity index (χ2n) is 4.48. The molecule has 5 nitrogen and oxygen atoms in total. The SMILES string of the molecule is COC1=CC(=O)OC(COC(=O)c2ccccc2)C1C. The van der Waals surface area contributed by atoms with Gasteiger partial charge in [0.2, 0.25) is 0 Å². The third-order valence-corrected chi connectivity index (χ3v) is 3.16. The maximum absolute atomic E-state index is 11.8. The first kappa shape index (κ1) is 14.1. The van der Waals surface area contributed by atoms with Crippen molar-refractivity contribution >= 4 is 11.9 Å². The lowest BCUT2D eigenvalue weighted by molar-refractivity contribution is -0.151. The average Bonchev–Trinajstić information content (AvgIpc) is 2.48. The Morgan fingerprint density at radius 2 is 2.00 bits per heavy atom. The molecule has 0 radical (unpaired) electrons. The van der Waals surface area contributed by atoms with Crippen molar-refractivity contribution < 1.29 is 23.8 Å². The van der Waals surface area contributed by atoms with Crippen molar-refractivity contribution in [3.05, 3.63) is 47.7 Å². The normalized spacial score (nSPS) is 21.7. The van der Waals surface area contributed by atoms with Crippen LogP contribution in [0.15, 0.2) is 42.2 Å². The Labute approximate surface area is 117 Å². The molecule has 2 atom stereocenters. The van der Waals surface area contributed by atoms with E-state index in [1.807, 2.05) is 13.0 Å². The van der Waals surface area contributed by atoms with E-state index in [2.05, 4.69) is 0 Å². The summed E-state index contributed by atoms with van der Waals surface area (Å²) in [6.45, 7) is 1.85. The van der Waals surface area contributed by atoms with E-state index in [0.717, 1.165) is 0 Å². The Bertz CT molecular complexity index is 520. The summed E-state index contributed by atoms with van der Waals surface area (Å²) in [6, 6.07) is 8.66. The number of benzene rings is 1. The molecule has 0 saturated carbocycles. The van der Waals surface area contributed by atoms with Gasteiger partial charge in [0.15, 0.2) is 0 Å². The lowest BCUT2D eigenvalue weighted by atomic mass is 10.0. The molecule has 0 N–H and O–H groups in total. The van der Waals surface area contributed by atoms with Crippen LogP contribution in [0.5, 0.6) is 0 Å². The van der Waals surface area contributed by atoms with E-state index < -0.39 is 18.0 Å². The molecule has 1 aliphatic heterocycles. The van der Waals surface area contributed by atoms with Crippen LogP contribution in [0.1, 0.15) is 17.3 Å². The quantitative estimate of drug-likeness (QED) is 0.786. The van der Waals surface area contributed by atoms with Crippen molar-refractivity contribution in [2.45, 2.75) is 13.0 Å². The van der Waals surface area contributed by atoms with Crippen LogP contribution in [0.2, 0.25) is 0 Å². The molecular weight excluding hydrogens is 260 g/mol. The van der Waals surface area contributed by atoms with Gasteiger partial charge in [-0.25, -0.2) is 9.59 Å². The predicted molar refractivity (Wildman–Crippen MR) is 70.9 cm³/mol. The van der Waals surface area contributed by atoms with Gasteiger partial charge in [-0.2, -0.15) is 0 Å². The Morgan fingerprint density at radius 1 is 1.30 bits per heavy atom. The molecule has 1 aliphatic rings. The van der Waals surface area contributed by atoms with E-state index in [1.54, 1.807) is 24.3 Å². The first-order valence-electron chi connectivity index (χ1n) is 6.30. The molecule has 106 valence electrons. The highest BCUT2D eigenvalue weighted by Crippen LogP contribution is 2.23. The number of methoxy groups -OCH3 is 1. The monoisotopic (exact) mass is 276 g/mol. The summed E-state index contributed by atoms with van der Waals surface area (Å²) < 4.78 is 15.4. The first-order valence-corrected chi connectivity index (χ1v) is 6.30. The number of carbonyl (C=O) groups is 2. The van der Waals surface area contributed by atoms with E-state index >= 15 is 0 Å². The topological polar surface area (TPSA) is 61.8 Å². The van der Waals surface area contributed by atoms with Crippen LogP contribution >= 0.6 is 0 Å². The maximum Gasteiger partial charge on any atom is 0.338 e. The number of carbonyl (C=O) groups excluding carboxylic acids is 2. The molecule has 5 heteroatoms. The van der Waals surface area contributed by atoms with Gasteiger partial charge in [0.25, 0.3) is 0 Å². The molecule has 0 saturated heterocycles. The van der Waals surface area contributed by atoms with E-state index in [1.165, 1.54) is 13.2 Å². The van der Waals surface area contributed by atoms with Crippen LogP contribution in [-0.4, -0.2) is 31.8 Å². The van der Waals surface area contributed by atoms with E-state index in [0.29, 0.717) is 11.3 Å². The largest absolute Gasteiger partial charge is 0.500 e. The number of rotatable bonds is 4. The van der Waals surface area contributed by atoms with Gasteiger partial charge in [-0.05, 0) is 12.1 Å². The molecule has 1 heterocycles. The lowest BCUT2D eigenvalue weighted by Crippen LogP contribution is -2.35. The van der Waals surface area contributed by atoms with E-state index in [-0.39, 0.29) is 12.5 Å². The Kier molecular flexibility index (Phi) is 4.40. The molecule has 2 unspecified atom stereocenters. The third-order valence-electron chi connectivity index (χ3n) is 3.16. The molecule has 20 heavy (non-hydrogen) atoms. The van der Waals surface area contributed by atoms with Gasteiger partial charge in [-0.15, -0.1) is 0 Å². The van der Waals surface area contributed by atoms with Gasteiger partial charge < -0.3 is 14.2 Å². The molecular formula is C15H16O5. The van der Waals surface area contributed by atoms with Crippen molar-refractivity contribution in [3.8, 4) is 0 Å². The summed E-state index contributed by atoms with van der Waals surface area (Å²) in [5.74, 6) is -0.550. The summed E-state index contributed by atoms with van der Waals surface area (Å²) in [5.41, 5.74) is 0.463. The molecule has 0 aliphatic carbocycles. The Hall–Kier alpha value is -2.30. The minimum absolute atomic E-state index is 0.00132. The molecule has 0 aromatic heterocycles. The molecule has 0 amide bonds. The highest BCUT2D eigenvalue weighted by molar-refractivity contribution is 5.89. The van der Waals surface area contributed by atoms with Crippen LogP contribution in [-0.2, 0) is 19.0 Å². The third kappa shape index (κ3) is 3.17. The first-order chi connectivity index (χ1) is 9.61. The summed E-state index contributed by atoms with van der Waals surface area (Å²) >= 11 is 0. The van der Waals surface area contributed by atoms with Gasteiger partial charge in [-0.3, -0.25) is 0 Å². The minimum atomic E-state index is -0.532. The molecule has 0 fully saturated rings. The van der Waals surface area contributed by atoms with Crippen molar-refractivity contribution in [1.82, 2.24) is 0 Å². The van der Waals surface area contributed by atoms with Crippen molar-refractivity contribution in [3.63, 3.8) is 0 Å². The van der Waals surface area contributed by atoms with E-state index in [9.17, 15) is 9.59 Å². The molecule has 2 rings (SSSR count). The molecule has 1 aromatic rings. The van der Waals surface area contributed by atoms with Crippen LogP contribution in [0.25, 0.3) is 0 Å². The van der Waals surface area contributed by atoms with Gasteiger partial charge in [0.1, 0.15) is 18.5 Å². The highest BCUT2D eigenvalue weighted by Gasteiger charge is 2.31. The van der Waals surface area contributed by atoms with Crippen molar-refractivity contribution in [2.24, 2.45) is 5.92 Å². The molecule has 0 spiro atoms. The number of cyclic esters (lactones) is 1. The summed E-state index contributed by atoms with van der Waals surface area (Å²) in [5, 5.41) is 0. The van der Waals surface area contributed by atoms with Gasteiger partial charge in [0.05, 0.1) is 24.7 Å².